The number of carbonyl (C=O) groups is 2. The minimum atomic E-state index is -3.94. The highest BCUT2D eigenvalue weighted by molar-refractivity contribution is 7.89. The summed E-state index contributed by atoms with van der Waals surface area (Å²) in [7, 11) is -3.94. The maximum atomic E-state index is 12.3. The molecule has 0 bridgehead atoms. The van der Waals surface area contributed by atoms with Gasteiger partial charge in [0, 0.05) is 6.42 Å². The fourth-order valence-corrected chi connectivity index (χ4v) is 4.05. The van der Waals surface area contributed by atoms with Crippen LogP contribution in [0.2, 0.25) is 0 Å². The zero-order chi connectivity index (χ0) is 25.2. The number of unbranched alkanes of at least 4 members (excludes halogenated alkanes) is 1. The average molecular weight is 492 g/mol. The Labute approximate surface area is 201 Å². The number of hydrogen-bond donors (Lipinski definition) is 1. The smallest absolute Gasteiger partial charge is 0.326 e. The molecule has 2 aromatic rings. The van der Waals surface area contributed by atoms with Crippen LogP contribution in [0.5, 0.6) is 5.75 Å². The number of esters is 1. The number of nitrogens with one attached hydrogen (secondary N) is 1. The number of hydrogen-bond acceptors (Lipinski definition) is 7. The first kappa shape index (κ1) is 27.3. The van der Waals surface area contributed by atoms with Crippen molar-refractivity contribution in [2.45, 2.75) is 70.3 Å². The molecule has 2 aromatic carbocycles. The van der Waals surface area contributed by atoms with E-state index in [0.717, 1.165) is 12.0 Å². The highest BCUT2D eigenvalue weighted by Gasteiger charge is 2.18. The van der Waals surface area contributed by atoms with Crippen molar-refractivity contribution in [2.75, 3.05) is 6.61 Å². The molecule has 8 nitrogen and oxygen atoms in total. The van der Waals surface area contributed by atoms with Crippen LogP contribution in [0.15, 0.2) is 53.4 Å². The first-order chi connectivity index (χ1) is 16.0. The van der Waals surface area contributed by atoms with Gasteiger partial charge in [0.15, 0.2) is 0 Å². The molecule has 0 amide bonds. The van der Waals surface area contributed by atoms with Gasteiger partial charge in [0.2, 0.25) is 0 Å². The summed E-state index contributed by atoms with van der Waals surface area (Å²) in [5, 5.41) is 0. The second kappa shape index (κ2) is 12.5. The summed E-state index contributed by atoms with van der Waals surface area (Å²) in [4.78, 5) is 30.3. The predicted octanol–water partition coefficient (Wildman–Crippen LogP) is 4.26. The van der Waals surface area contributed by atoms with Crippen molar-refractivity contribution in [2.24, 2.45) is 0 Å². The Morgan fingerprint density at radius 1 is 0.912 bits per heavy atom. The number of aryl methyl sites for hydroxylation is 2. The lowest BCUT2D eigenvalue weighted by Gasteiger charge is -2.19. The molecular weight excluding hydrogens is 458 g/mol. The Balaban J connectivity index is 1.67. The lowest BCUT2D eigenvalue weighted by atomic mass is 10.1. The van der Waals surface area contributed by atoms with Gasteiger partial charge in [-0.1, -0.05) is 30.3 Å². The van der Waals surface area contributed by atoms with Gasteiger partial charge in [0.1, 0.15) is 11.4 Å². The van der Waals surface area contributed by atoms with Crippen molar-refractivity contribution in [3.8, 4) is 5.75 Å². The van der Waals surface area contributed by atoms with Gasteiger partial charge in [-0.2, -0.15) is 0 Å². The highest BCUT2D eigenvalue weighted by Crippen LogP contribution is 2.16. The lowest BCUT2D eigenvalue weighted by molar-refractivity contribution is -0.155. The quantitative estimate of drug-likeness (QED) is 0.269. The summed E-state index contributed by atoms with van der Waals surface area (Å²) in [6.07, 6.45) is 2.17. The molecule has 0 unspecified atom stereocenters. The molecule has 0 atom stereocenters. The summed E-state index contributed by atoms with van der Waals surface area (Å²) in [5.74, 6) is -0.199. The molecule has 0 aromatic heterocycles. The van der Waals surface area contributed by atoms with E-state index in [-0.39, 0.29) is 17.3 Å². The average Bonchev–Trinajstić information content (AvgIpc) is 2.76. The minimum Gasteiger partial charge on any atom is -0.494 e. The highest BCUT2D eigenvalue weighted by atomic mass is 32.2. The van der Waals surface area contributed by atoms with Gasteiger partial charge in [0.25, 0.3) is 10.0 Å². The molecule has 0 saturated carbocycles. The zero-order valence-electron chi connectivity index (χ0n) is 20.1. The van der Waals surface area contributed by atoms with Crippen LogP contribution in [0.3, 0.4) is 0 Å². The molecular formula is C25H33NO7S. The number of carbonyl (C=O) groups excluding carboxylic acids is 2. The van der Waals surface area contributed by atoms with Gasteiger partial charge in [-0.3, -0.25) is 9.59 Å². The maximum absolute atomic E-state index is 12.3. The second-order valence-corrected chi connectivity index (χ2v) is 10.5. The molecule has 0 aliphatic rings. The van der Waals surface area contributed by atoms with E-state index in [2.05, 4.69) is 0 Å². The third-order valence-electron chi connectivity index (χ3n) is 4.65. The van der Waals surface area contributed by atoms with Crippen molar-refractivity contribution in [3.05, 3.63) is 59.7 Å². The van der Waals surface area contributed by atoms with Crippen molar-refractivity contribution >= 4 is 22.0 Å². The first-order valence-electron chi connectivity index (χ1n) is 11.2. The third kappa shape index (κ3) is 9.93. The van der Waals surface area contributed by atoms with E-state index in [4.69, 9.17) is 14.3 Å². The van der Waals surface area contributed by atoms with E-state index in [1.165, 1.54) is 6.07 Å². The summed E-state index contributed by atoms with van der Waals surface area (Å²) < 4.78 is 35.5. The Bertz CT molecular complexity index is 1060. The minimum absolute atomic E-state index is 0.0150. The van der Waals surface area contributed by atoms with Gasteiger partial charge >= 0.3 is 11.9 Å². The summed E-state index contributed by atoms with van der Waals surface area (Å²) in [5.41, 5.74) is 0.967. The van der Waals surface area contributed by atoms with Crippen molar-refractivity contribution in [3.63, 3.8) is 0 Å². The van der Waals surface area contributed by atoms with Crippen LogP contribution in [-0.2, 0) is 35.6 Å². The summed E-state index contributed by atoms with van der Waals surface area (Å²) in [6, 6.07) is 13.7. The molecule has 0 spiro atoms. The Morgan fingerprint density at radius 3 is 2.24 bits per heavy atom. The largest absolute Gasteiger partial charge is 0.494 e. The summed E-state index contributed by atoms with van der Waals surface area (Å²) >= 11 is 0. The van der Waals surface area contributed by atoms with Crippen molar-refractivity contribution in [1.29, 1.82) is 0 Å². The normalized spacial score (nSPS) is 11.6. The van der Waals surface area contributed by atoms with Crippen LogP contribution in [0.25, 0.3) is 0 Å². The van der Waals surface area contributed by atoms with Crippen LogP contribution < -0.4 is 9.62 Å². The molecule has 0 fully saturated rings. The maximum Gasteiger partial charge on any atom is 0.326 e. The van der Waals surface area contributed by atoms with E-state index < -0.39 is 21.6 Å². The van der Waals surface area contributed by atoms with Crippen LogP contribution in [0, 0.1) is 6.92 Å². The molecule has 0 heterocycles. The summed E-state index contributed by atoms with van der Waals surface area (Å²) in [6.45, 7) is 7.67. The topological polar surface area (TPSA) is 108 Å². The first-order valence-corrected chi connectivity index (χ1v) is 12.7. The van der Waals surface area contributed by atoms with E-state index in [9.17, 15) is 18.0 Å². The molecule has 0 saturated heterocycles. The second-order valence-electron chi connectivity index (χ2n) is 8.86. The van der Waals surface area contributed by atoms with Gasteiger partial charge in [-0.05, 0) is 81.2 Å². The lowest BCUT2D eigenvalue weighted by Crippen LogP contribution is -2.28. The van der Waals surface area contributed by atoms with Gasteiger partial charge < -0.3 is 14.3 Å². The number of ether oxygens (including phenoxy) is 2. The SMILES string of the molecule is Cc1ccccc1S(=O)(=O)NOC(=O)CCc1ccc(OCCCCC(=O)OC(C)(C)C)cc1. The van der Waals surface area contributed by atoms with Crippen LogP contribution in [0.1, 0.15) is 57.6 Å². The fourth-order valence-electron chi connectivity index (χ4n) is 3.01. The number of rotatable bonds is 12. The Morgan fingerprint density at radius 2 is 1.59 bits per heavy atom. The van der Waals surface area contributed by atoms with Crippen molar-refractivity contribution < 1.29 is 32.3 Å². The number of sulfonamides is 1. The Hall–Kier alpha value is -2.91. The predicted molar refractivity (Wildman–Crippen MR) is 128 cm³/mol. The standard InChI is InChI=1S/C25H33NO7S/c1-19-9-5-6-10-22(19)34(29,30)26-33-24(28)17-14-20-12-15-21(16-13-20)31-18-8-7-11-23(27)32-25(2,3)4/h5-6,9-10,12-13,15-16,26H,7-8,11,14,17-18H2,1-4H3. The van der Waals surface area contributed by atoms with Crippen LogP contribution in [0.4, 0.5) is 0 Å². The van der Waals surface area contributed by atoms with E-state index in [0.29, 0.717) is 37.2 Å². The van der Waals surface area contributed by atoms with Gasteiger partial charge in [-0.15, -0.1) is 0 Å². The molecule has 9 heteroatoms. The molecule has 186 valence electrons. The van der Waals surface area contributed by atoms with Crippen LogP contribution >= 0.6 is 0 Å². The van der Waals surface area contributed by atoms with E-state index >= 15 is 0 Å². The van der Waals surface area contributed by atoms with E-state index in [1.807, 2.05) is 37.8 Å². The molecule has 34 heavy (non-hydrogen) atoms. The molecule has 1 N–H and O–H groups in total. The molecule has 0 radical (unpaired) electrons. The zero-order valence-corrected chi connectivity index (χ0v) is 20.9. The van der Waals surface area contributed by atoms with Crippen molar-refractivity contribution in [1.82, 2.24) is 4.89 Å². The van der Waals surface area contributed by atoms with Gasteiger partial charge in [0.05, 0.1) is 17.9 Å². The van der Waals surface area contributed by atoms with Crippen LogP contribution in [-0.4, -0.2) is 32.6 Å². The fraction of sp³-hybridized carbons (Fsp3) is 0.440. The molecule has 2 rings (SSSR count). The third-order valence-corrected chi connectivity index (χ3v) is 5.99. The molecule has 0 aliphatic heterocycles. The number of benzene rings is 2. The Kier molecular flexibility index (Phi) is 10.1. The van der Waals surface area contributed by atoms with E-state index in [1.54, 1.807) is 37.3 Å². The monoisotopic (exact) mass is 491 g/mol. The van der Waals surface area contributed by atoms with Gasteiger partial charge in [-0.25, -0.2) is 8.42 Å². The molecule has 0 aliphatic carbocycles.